The molecule has 0 N–H and O–H groups in total. The van der Waals surface area contributed by atoms with Gasteiger partial charge in [0, 0.05) is 14.7 Å². The van der Waals surface area contributed by atoms with Gasteiger partial charge in [-0.25, -0.2) is 3.63 Å². The van der Waals surface area contributed by atoms with Crippen molar-refractivity contribution in [3.63, 3.8) is 0 Å². The van der Waals surface area contributed by atoms with Crippen LogP contribution in [0.3, 0.4) is 0 Å². The van der Waals surface area contributed by atoms with Crippen LogP contribution in [0.2, 0.25) is 0 Å². The minimum atomic E-state index is -4.69. The van der Waals surface area contributed by atoms with Crippen molar-refractivity contribution in [1.29, 1.82) is 0 Å². The highest BCUT2D eigenvalue weighted by Gasteiger charge is 2.39. The fourth-order valence-electron chi connectivity index (χ4n) is 3.67. The quantitative estimate of drug-likeness (QED) is 0.251. The smallest absolute Gasteiger partial charge is 0.203 e. The summed E-state index contributed by atoms with van der Waals surface area (Å²) in [5.41, 5.74) is -0.00148. The van der Waals surface area contributed by atoms with Crippen LogP contribution in [-0.2, 0) is 26.3 Å². The van der Waals surface area contributed by atoms with Crippen LogP contribution in [0.1, 0.15) is 18.1 Å². The Bertz CT molecular complexity index is 1350. The van der Waals surface area contributed by atoms with Crippen molar-refractivity contribution in [3.05, 3.63) is 120 Å². The first-order valence-electron chi connectivity index (χ1n) is 10.8. The van der Waals surface area contributed by atoms with Crippen LogP contribution in [0.4, 0.5) is 13.2 Å². The van der Waals surface area contributed by atoms with Gasteiger partial charge < -0.3 is 0 Å². The van der Waals surface area contributed by atoms with Crippen LogP contribution in [0.15, 0.2) is 129 Å². The molecule has 0 heterocycles. The molecule has 4 rings (SSSR count). The maximum Gasteiger partial charge on any atom is 0.416 e. The molecule has 0 atom stereocenters. The molecule has 8 heteroatoms. The predicted octanol–water partition coefficient (Wildman–Crippen LogP) is 7.87. The number of rotatable bonds is 7. The number of hydrogen-bond donors (Lipinski definition) is 0. The molecule has 182 valence electrons. The summed E-state index contributed by atoms with van der Waals surface area (Å²) in [6.45, 7) is 2.01. The average Bonchev–Trinajstić information content (AvgIpc) is 2.88. The van der Waals surface area contributed by atoms with Gasteiger partial charge in [0.05, 0.1) is 10.5 Å². The SMILES string of the molecule is CCc1ccc(S(OS(=O)(=O)c2cccc(C(F)(F)F)c2)(c2ccccc2)c2ccccc2)cc1. The standard InChI is InChI=1S/C27H23F3O3S2/c1-2-21-16-18-25(19-17-21)34(23-11-5-3-6-12-23,24-13-7-4-8-14-24)33-35(31,32)26-15-9-10-22(20-26)27(28,29)30/h3-20H,2H2,1H3. The Morgan fingerprint density at radius 3 is 1.63 bits per heavy atom. The summed E-state index contributed by atoms with van der Waals surface area (Å²) in [6.07, 6.45) is -3.90. The Balaban J connectivity index is 1.97. The van der Waals surface area contributed by atoms with E-state index < -0.39 is 37.1 Å². The third-order valence-electron chi connectivity index (χ3n) is 5.46. The summed E-state index contributed by atoms with van der Waals surface area (Å²) >= 11 is 0. The van der Waals surface area contributed by atoms with Crippen LogP contribution < -0.4 is 0 Å². The molecule has 35 heavy (non-hydrogen) atoms. The van der Waals surface area contributed by atoms with Crippen LogP contribution >= 0.6 is 10.3 Å². The van der Waals surface area contributed by atoms with Gasteiger partial charge in [-0.1, -0.05) is 61.5 Å². The van der Waals surface area contributed by atoms with E-state index in [1.54, 1.807) is 60.7 Å². The fraction of sp³-hybridized carbons (Fsp3) is 0.111. The molecule has 0 aliphatic heterocycles. The first kappa shape index (κ1) is 25.0. The Kier molecular flexibility index (Phi) is 7.07. The van der Waals surface area contributed by atoms with Crippen molar-refractivity contribution in [2.45, 2.75) is 39.1 Å². The van der Waals surface area contributed by atoms with Gasteiger partial charge in [0.15, 0.2) is 0 Å². The molecule has 3 nitrogen and oxygen atoms in total. The lowest BCUT2D eigenvalue weighted by molar-refractivity contribution is -0.137. The van der Waals surface area contributed by atoms with Gasteiger partial charge >= 0.3 is 16.3 Å². The second-order valence-corrected chi connectivity index (χ2v) is 12.2. The third kappa shape index (κ3) is 5.15. The van der Waals surface area contributed by atoms with Gasteiger partial charge in [-0.15, -0.1) is 0 Å². The van der Waals surface area contributed by atoms with E-state index in [1.807, 2.05) is 31.2 Å². The predicted molar refractivity (Wildman–Crippen MR) is 131 cm³/mol. The number of halogens is 3. The van der Waals surface area contributed by atoms with Crippen LogP contribution in [0, 0.1) is 0 Å². The van der Waals surface area contributed by atoms with Crippen molar-refractivity contribution in [2.24, 2.45) is 0 Å². The van der Waals surface area contributed by atoms with Gasteiger partial charge in [0.1, 0.15) is 0 Å². The van der Waals surface area contributed by atoms with Crippen molar-refractivity contribution in [3.8, 4) is 0 Å². The van der Waals surface area contributed by atoms with Gasteiger partial charge in [-0.2, -0.15) is 21.6 Å². The molecule has 0 bridgehead atoms. The molecule has 4 aromatic rings. The van der Waals surface area contributed by atoms with E-state index >= 15 is 0 Å². The lowest BCUT2D eigenvalue weighted by atomic mass is 10.2. The zero-order valence-corrected chi connectivity index (χ0v) is 20.4. The molecule has 0 radical (unpaired) electrons. The van der Waals surface area contributed by atoms with Crippen molar-refractivity contribution >= 4 is 20.4 Å². The van der Waals surface area contributed by atoms with Gasteiger partial charge in [0.25, 0.3) is 0 Å². The topological polar surface area (TPSA) is 43.4 Å². The van der Waals surface area contributed by atoms with Crippen molar-refractivity contribution in [1.82, 2.24) is 0 Å². The molecule has 4 aromatic carbocycles. The van der Waals surface area contributed by atoms with Crippen LogP contribution in [0.25, 0.3) is 0 Å². The zero-order valence-electron chi connectivity index (χ0n) is 18.8. The van der Waals surface area contributed by atoms with Gasteiger partial charge in [-0.3, -0.25) is 0 Å². The highest BCUT2D eigenvalue weighted by atomic mass is 32.3. The molecule has 0 aromatic heterocycles. The Morgan fingerprint density at radius 1 is 0.657 bits per heavy atom. The normalized spacial score (nSPS) is 12.9. The highest BCUT2D eigenvalue weighted by Crippen LogP contribution is 2.70. The summed E-state index contributed by atoms with van der Waals surface area (Å²) in [5, 5.41) is 0. The molecule has 0 fully saturated rings. The summed E-state index contributed by atoms with van der Waals surface area (Å²) < 4.78 is 73.3. The van der Waals surface area contributed by atoms with Gasteiger partial charge in [-0.05, 0) is 76.9 Å². The summed E-state index contributed by atoms with van der Waals surface area (Å²) in [7, 11) is -7.50. The lowest BCUT2D eigenvalue weighted by Crippen LogP contribution is -2.15. The maximum atomic E-state index is 13.6. The first-order chi connectivity index (χ1) is 16.7. The Morgan fingerprint density at radius 2 is 1.14 bits per heavy atom. The molecular formula is C27H23F3O3S2. The Labute approximate surface area is 204 Å². The van der Waals surface area contributed by atoms with E-state index in [0.717, 1.165) is 30.2 Å². The molecule has 0 aliphatic rings. The fourth-order valence-corrected chi connectivity index (χ4v) is 8.93. The number of aryl methyl sites for hydroxylation is 1. The minimum absolute atomic E-state index is 0.554. The largest absolute Gasteiger partial charge is 0.416 e. The number of benzene rings is 4. The van der Waals surface area contributed by atoms with Gasteiger partial charge in [0.2, 0.25) is 0 Å². The number of alkyl halides is 3. The highest BCUT2D eigenvalue weighted by molar-refractivity contribution is 8.33. The summed E-state index contributed by atoms with van der Waals surface area (Å²) in [5.74, 6) is 0. The zero-order chi connectivity index (χ0) is 25.1. The third-order valence-corrected chi connectivity index (χ3v) is 10.6. The average molecular weight is 517 g/mol. The molecular weight excluding hydrogens is 493 g/mol. The van der Waals surface area contributed by atoms with Crippen LogP contribution in [-0.4, -0.2) is 8.42 Å². The first-order valence-corrected chi connectivity index (χ1v) is 13.8. The lowest BCUT2D eigenvalue weighted by Gasteiger charge is -2.39. The Hall–Kier alpha value is -3.07. The second kappa shape index (κ2) is 9.89. The minimum Gasteiger partial charge on any atom is -0.203 e. The van der Waals surface area contributed by atoms with E-state index in [9.17, 15) is 21.6 Å². The number of hydrogen-bond acceptors (Lipinski definition) is 3. The van der Waals surface area contributed by atoms with Crippen LogP contribution in [0.5, 0.6) is 0 Å². The maximum absolute atomic E-state index is 13.6. The molecule has 0 spiro atoms. The molecule has 0 unspecified atom stereocenters. The van der Waals surface area contributed by atoms with E-state index in [1.165, 1.54) is 0 Å². The molecule has 0 saturated heterocycles. The van der Waals surface area contributed by atoms with E-state index in [2.05, 4.69) is 0 Å². The van der Waals surface area contributed by atoms with E-state index in [-0.39, 0.29) is 0 Å². The molecule has 0 saturated carbocycles. The monoisotopic (exact) mass is 516 g/mol. The van der Waals surface area contributed by atoms with Crippen molar-refractivity contribution < 1.29 is 25.2 Å². The van der Waals surface area contributed by atoms with E-state index in [0.29, 0.717) is 20.8 Å². The molecule has 0 amide bonds. The summed E-state index contributed by atoms with van der Waals surface area (Å²) in [4.78, 5) is 1.26. The molecule has 0 aliphatic carbocycles. The second-order valence-electron chi connectivity index (χ2n) is 7.73. The summed E-state index contributed by atoms with van der Waals surface area (Å²) in [6, 6.07) is 28.9. The van der Waals surface area contributed by atoms with Crippen molar-refractivity contribution in [2.75, 3.05) is 0 Å². The van der Waals surface area contributed by atoms with E-state index in [4.69, 9.17) is 3.63 Å².